The van der Waals surface area contributed by atoms with Gasteiger partial charge >= 0.3 is 0 Å². The Morgan fingerprint density at radius 2 is 1.56 bits per heavy atom. The topological polar surface area (TPSA) is 54.6 Å². The third kappa shape index (κ3) is 3.30. The molecule has 4 aromatic rings. The maximum atomic E-state index is 8.67. The number of nitrogens with one attached hydrogen (secondary N) is 1. The van der Waals surface area contributed by atoms with Crippen LogP contribution in [0.2, 0.25) is 0 Å². The quantitative estimate of drug-likeness (QED) is 0.607. The zero-order valence-electron chi connectivity index (χ0n) is 13.5. The number of halogens is 1. The van der Waals surface area contributed by atoms with Crippen molar-refractivity contribution in [2.24, 2.45) is 0 Å². The molecule has 2 heterocycles. The summed E-state index contributed by atoms with van der Waals surface area (Å²) in [6.45, 7) is 0.516. The van der Waals surface area contributed by atoms with Crippen LogP contribution >= 0.6 is 12.4 Å². The Bertz CT molecular complexity index is 1040. The highest BCUT2D eigenvalue weighted by molar-refractivity contribution is 5.85. The van der Waals surface area contributed by atoms with Gasteiger partial charge in [0.15, 0.2) is 0 Å². The lowest BCUT2D eigenvalue weighted by atomic mass is 10.1. The summed E-state index contributed by atoms with van der Waals surface area (Å²) in [5.41, 5.74) is 3.18. The van der Waals surface area contributed by atoms with Crippen molar-refractivity contribution in [1.29, 1.82) is 5.41 Å². The minimum absolute atomic E-state index is 0. The number of nitrogens with zero attached hydrogens (tertiary/aromatic N) is 3. The molecule has 0 amide bonds. The molecule has 0 fully saturated rings. The summed E-state index contributed by atoms with van der Waals surface area (Å²) in [4.78, 5) is 9.22. The summed E-state index contributed by atoms with van der Waals surface area (Å²) in [7, 11) is 0. The van der Waals surface area contributed by atoms with E-state index < -0.39 is 0 Å². The molecule has 25 heavy (non-hydrogen) atoms. The molecule has 0 aliphatic rings. The van der Waals surface area contributed by atoms with Gasteiger partial charge in [-0.2, -0.15) is 0 Å². The first-order valence-electron chi connectivity index (χ1n) is 7.82. The van der Waals surface area contributed by atoms with Crippen LogP contribution in [-0.2, 0) is 6.54 Å². The van der Waals surface area contributed by atoms with E-state index in [1.165, 1.54) is 0 Å². The van der Waals surface area contributed by atoms with Gasteiger partial charge in [-0.25, -0.2) is 4.98 Å². The molecule has 5 heteroatoms. The van der Waals surface area contributed by atoms with Gasteiger partial charge in [0.1, 0.15) is 11.3 Å². The van der Waals surface area contributed by atoms with E-state index in [9.17, 15) is 0 Å². The average molecular weight is 349 g/mol. The third-order valence-electron chi connectivity index (χ3n) is 3.99. The molecule has 2 aromatic carbocycles. The highest BCUT2D eigenvalue weighted by Gasteiger charge is 2.11. The van der Waals surface area contributed by atoms with Crippen LogP contribution in [0.5, 0.6) is 0 Å². The molecule has 0 atom stereocenters. The standard InChI is InChI=1S/C20H16N4.ClH/c21-19-17-11-4-5-12-18(17)23-20(15-8-2-1-3-9-15)24(19)14-16-10-6-7-13-22-16;/h1-13,21H,14H2;1H. The van der Waals surface area contributed by atoms with Crippen molar-refractivity contribution >= 4 is 23.3 Å². The van der Waals surface area contributed by atoms with E-state index in [-0.39, 0.29) is 12.4 Å². The first-order chi connectivity index (χ1) is 11.8. The van der Waals surface area contributed by atoms with Crippen molar-refractivity contribution in [2.45, 2.75) is 6.54 Å². The van der Waals surface area contributed by atoms with Gasteiger partial charge in [0.05, 0.1) is 17.8 Å². The van der Waals surface area contributed by atoms with Gasteiger partial charge in [0.2, 0.25) is 0 Å². The Morgan fingerprint density at radius 1 is 0.840 bits per heavy atom. The van der Waals surface area contributed by atoms with Crippen LogP contribution in [0.3, 0.4) is 0 Å². The fourth-order valence-electron chi connectivity index (χ4n) is 2.81. The zero-order chi connectivity index (χ0) is 16.4. The van der Waals surface area contributed by atoms with Crippen molar-refractivity contribution in [2.75, 3.05) is 0 Å². The van der Waals surface area contributed by atoms with Gasteiger partial charge in [-0.05, 0) is 24.3 Å². The molecule has 0 radical (unpaired) electrons. The first-order valence-corrected chi connectivity index (χ1v) is 7.82. The van der Waals surface area contributed by atoms with Crippen LogP contribution in [0, 0.1) is 5.41 Å². The normalized spacial score (nSPS) is 10.4. The molecule has 0 saturated carbocycles. The second kappa shape index (κ2) is 7.28. The number of hydrogen-bond donors (Lipinski definition) is 1. The minimum Gasteiger partial charge on any atom is -0.304 e. The Balaban J connectivity index is 0.00000182. The van der Waals surface area contributed by atoms with Gasteiger partial charge in [-0.3, -0.25) is 10.4 Å². The number of hydrogen-bond acceptors (Lipinski definition) is 3. The van der Waals surface area contributed by atoms with Crippen molar-refractivity contribution in [1.82, 2.24) is 14.5 Å². The second-order valence-electron chi connectivity index (χ2n) is 5.57. The Morgan fingerprint density at radius 3 is 2.32 bits per heavy atom. The third-order valence-corrected chi connectivity index (χ3v) is 3.99. The maximum absolute atomic E-state index is 8.67. The van der Waals surface area contributed by atoms with Gasteiger partial charge < -0.3 is 4.57 Å². The smallest absolute Gasteiger partial charge is 0.142 e. The number of benzene rings is 2. The van der Waals surface area contributed by atoms with E-state index in [1.807, 2.05) is 77.4 Å². The van der Waals surface area contributed by atoms with Gasteiger partial charge in [0.25, 0.3) is 0 Å². The molecule has 0 aliphatic carbocycles. The molecule has 0 bridgehead atoms. The van der Waals surface area contributed by atoms with Crippen molar-refractivity contribution < 1.29 is 0 Å². The summed E-state index contributed by atoms with van der Waals surface area (Å²) in [6.07, 6.45) is 1.77. The van der Waals surface area contributed by atoms with Crippen LogP contribution in [0.15, 0.2) is 79.0 Å². The van der Waals surface area contributed by atoms with Crippen LogP contribution in [0.1, 0.15) is 5.69 Å². The summed E-state index contributed by atoms with van der Waals surface area (Å²) in [5, 5.41) is 9.52. The molecule has 1 N–H and O–H groups in total. The molecule has 0 spiro atoms. The van der Waals surface area contributed by atoms with Crippen molar-refractivity contribution in [3.63, 3.8) is 0 Å². The first kappa shape index (κ1) is 16.9. The van der Waals surface area contributed by atoms with Crippen LogP contribution < -0.4 is 5.49 Å². The summed E-state index contributed by atoms with van der Waals surface area (Å²) in [5.74, 6) is 0.782. The molecule has 4 nitrogen and oxygen atoms in total. The van der Waals surface area contributed by atoms with E-state index in [0.29, 0.717) is 12.0 Å². The lowest BCUT2D eigenvalue weighted by molar-refractivity contribution is 0.717. The summed E-state index contributed by atoms with van der Waals surface area (Å²) < 4.78 is 1.92. The highest BCUT2D eigenvalue weighted by Crippen LogP contribution is 2.19. The average Bonchev–Trinajstić information content (AvgIpc) is 2.65. The summed E-state index contributed by atoms with van der Waals surface area (Å²) in [6, 6.07) is 23.6. The monoisotopic (exact) mass is 348 g/mol. The Hall–Kier alpha value is -2.98. The molecule has 0 saturated heterocycles. The van der Waals surface area contributed by atoms with Crippen LogP contribution in [-0.4, -0.2) is 14.5 Å². The Kier molecular flexibility index (Phi) is 4.91. The highest BCUT2D eigenvalue weighted by atomic mass is 35.5. The summed E-state index contributed by atoms with van der Waals surface area (Å²) >= 11 is 0. The Labute approximate surface area is 151 Å². The number of aromatic nitrogens is 3. The lowest BCUT2D eigenvalue weighted by Gasteiger charge is -2.15. The molecule has 0 unspecified atom stereocenters. The molecule has 0 aliphatic heterocycles. The number of para-hydroxylation sites is 1. The predicted octanol–water partition coefficient (Wildman–Crippen LogP) is 4.05. The predicted molar refractivity (Wildman–Crippen MR) is 102 cm³/mol. The lowest BCUT2D eigenvalue weighted by Crippen LogP contribution is -2.24. The SMILES string of the molecule is Cl.N=c1c2ccccc2nc(-c2ccccc2)n1Cc1ccccn1. The molecule has 124 valence electrons. The van der Waals surface area contributed by atoms with E-state index in [0.717, 1.165) is 28.0 Å². The van der Waals surface area contributed by atoms with Gasteiger partial charge in [-0.15, -0.1) is 12.4 Å². The molecular weight excluding hydrogens is 332 g/mol. The zero-order valence-corrected chi connectivity index (χ0v) is 14.3. The van der Waals surface area contributed by atoms with Crippen molar-refractivity contribution in [3.8, 4) is 11.4 Å². The molecular formula is C20H17ClN4. The molecule has 2 aromatic heterocycles. The van der Waals surface area contributed by atoms with E-state index in [2.05, 4.69) is 4.98 Å². The second-order valence-corrected chi connectivity index (χ2v) is 5.57. The van der Waals surface area contributed by atoms with Gasteiger partial charge in [-0.1, -0.05) is 48.5 Å². The van der Waals surface area contributed by atoms with E-state index in [1.54, 1.807) is 6.20 Å². The largest absolute Gasteiger partial charge is 0.304 e. The number of pyridine rings is 1. The minimum atomic E-state index is 0. The van der Waals surface area contributed by atoms with Gasteiger partial charge in [0, 0.05) is 17.1 Å². The molecule has 4 rings (SSSR count). The number of rotatable bonds is 3. The number of fused-ring (bicyclic) bond motifs is 1. The fourth-order valence-corrected chi connectivity index (χ4v) is 2.81. The van der Waals surface area contributed by atoms with E-state index >= 15 is 0 Å². The van der Waals surface area contributed by atoms with Crippen LogP contribution in [0.4, 0.5) is 0 Å². The van der Waals surface area contributed by atoms with Crippen molar-refractivity contribution in [3.05, 3.63) is 90.2 Å². The fraction of sp³-hybridized carbons (Fsp3) is 0.0500. The van der Waals surface area contributed by atoms with Crippen LogP contribution in [0.25, 0.3) is 22.3 Å². The maximum Gasteiger partial charge on any atom is 0.142 e. The van der Waals surface area contributed by atoms with E-state index in [4.69, 9.17) is 10.4 Å².